The maximum atomic E-state index is 12.6. The number of nitrogens with zero attached hydrogens (tertiary/aromatic N) is 3. The monoisotopic (exact) mass is 292 g/mol. The molecule has 1 aromatic rings. The molecule has 3 rings (SSSR count). The summed E-state index contributed by atoms with van der Waals surface area (Å²) in [5.41, 5.74) is 7.20. The van der Waals surface area contributed by atoms with Crippen LogP contribution in [0.5, 0.6) is 0 Å². The van der Waals surface area contributed by atoms with E-state index in [0.29, 0.717) is 17.2 Å². The summed E-state index contributed by atoms with van der Waals surface area (Å²) in [6.07, 6.45) is 5.50. The van der Waals surface area contributed by atoms with Gasteiger partial charge in [0, 0.05) is 26.2 Å². The Morgan fingerprint density at radius 3 is 2.80 bits per heavy atom. The normalized spacial score (nSPS) is 19.4. The van der Waals surface area contributed by atoms with Gasteiger partial charge in [-0.2, -0.15) is 0 Å². The summed E-state index contributed by atoms with van der Waals surface area (Å²) in [6, 6.07) is 0. The minimum absolute atomic E-state index is 0.0258. The van der Waals surface area contributed by atoms with Gasteiger partial charge in [-0.25, -0.2) is 4.98 Å². The molecule has 6 heteroatoms. The van der Waals surface area contributed by atoms with E-state index in [1.165, 1.54) is 29.8 Å². The highest BCUT2D eigenvalue weighted by Gasteiger charge is 2.25. The van der Waals surface area contributed by atoms with Crippen LogP contribution in [-0.2, 0) is 0 Å². The number of rotatable bonds is 2. The van der Waals surface area contributed by atoms with Crippen molar-refractivity contribution in [2.24, 2.45) is 0 Å². The van der Waals surface area contributed by atoms with Crippen LogP contribution in [0.1, 0.15) is 35.9 Å². The van der Waals surface area contributed by atoms with Gasteiger partial charge in [-0.3, -0.25) is 4.79 Å². The molecule has 0 unspecified atom stereocenters. The number of carbonyl (C=O) groups is 1. The van der Waals surface area contributed by atoms with E-state index in [0.717, 1.165) is 31.2 Å². The molecule has 2 N–H and O–H groups in total. The van der Waals surface area contributed by atoms with Gasteiger partial charge in [0.2, 0.25) is 0 Å². The van der Waals surface area contributed by atoms with Crippen molar-refractivity contribution < 1.29 is 4.79 Å². The van der Waals surface area contributed by atoms with E-state index >= 15 is 0 Å². The number of aromatic nitrogens is 1. The zero-order valence-corrected chi connectivity index (χ0v) is 12.6. The fourth-order valence-electron chi connectivity index (χ4n) is 2.75. The van der Waals surface area contributed by atoms with Crippen molar-refractivity contribution in [1.29, 1.82) is 0 Å². The fraction of sp³-hybridized carbons (Fsp3) is 0.571. The van der Waals surface area contributed by atoms with Crippen LogP contribution in [0.4, 0.5) is 10.9 Å². The lowest BCUT2D eigenvalue weighted by Crippen LogP contribution is -2.35. The number of nitrogen functional groups attached to an aromatic ring is 1. The molecule has 0 bridgehead atoms. The lowest BCUT2D eigenvalue weighted by Gasteiger charge is -2.25. The van der Waals surface area contributed by atoms with Crippen molar-refractivity contribution in [3.63, 3.8) is 0 Å². The molecule has 0 radical (unpaired) electrons. The zero-order chi connectivity index (χ0) is 14.1. The standard InChI is InChI=1S/C14H20N4OS/c1-10-5-4-8-18(9-10)13(19)11-12(15)16-14(20-11)17-6-2-3-7-17/h5H,2-4,6-9,15H2,1H3. The van der Waals surface area contributed by atoms with Gasteiger partial charge in [-0.05, 0) is 26.2 Å². The van der Waals surface area contributed by atoms with Crippen LogP contribution in [0.3, 0.4) is 0 Å². The van der Waals surface area contributed by atoms with Crippen LogP contribution in [0.2, 0.25) is 0 Å². The predicted octanol–water partition coefficient (Wildman–Crippen LogP) is 2.12. The molecule has 0 aromatic carbocycles. The largest absolute Gasteiger partial charge is 0.382 e. The summed E-state index contributed by atoms with van der Waals surface area (Å²) < 4.78 is 0. The second kappa shape index (κ2) is 5.44. The number of amides is 1. The van der Waals surface area contributed by atoms with Crippen LogP contribution in [0, 0.1) is 0 Å². The number of anilines is 2. The Bertz CT molecular complexity index is 545. The van der Waals surface area contributed by atoms with Crippen molar-refractivity contribution in [2.75, 3.05) is 36.8 Å². The number of thiazole rings is 1. The number of carbonyl (C=O) groups excluding carboxylic acids is 1. The van der Waals surface area contributed by atoms with Gasteiger partial charge in [0.05, 0.1) is 0 Å². The first-order chi connectivity index (χ1) is 9.65. The van der Waals surface area contributed by atoms with Crippen LogP contribution >= 0.6 is 11.3 Å². The van der Waals surface area contributed by atoms with Crippen molar-refractivity contribution in [2.45, 2.75) is 26.2 Å². The quantitative estimate of drug-likeness (QED) is 0.848. The van der Waals surface area contributed by atoms with E-state index in [1.807, 2.05) is 4.90 Å². The average molecular weight is 292 g/mol. The van der Waals surface area contributed by atoms with Gasteiger partial charge in [0.15, 0.2) is 5.13 Å². The highest BCUT2D eigenvalue weighted by atomic mass is 32.1. The molecule has 0 spiro atoms. The van der Waals surface area contributed by atoms with Crippen molar-refractivity contribution >= 4 is 28.2 Å². The molecular weight excluding hydrogens is 272 g/mol. The third-order valence-corrected chi connectivity index (χ3v) is 4.95. The Labute approximate surface area is 123 Å². The van der Waals surface area contributed by atoms with Crippen molar-refractivity contribution in [3.05, 3.63) is 16.5 Å². The Morgan fingerprint density at radius 1 is 1.35 bits per heavy atom. The molecule has 1 fully saturated rings. The third kappa shape index (κ3) is 2.52. The molecule has 20 heavy (non-hydrogen) atoms. The minimum atomic E-state index is 0.0258. The molecule has 0 saturated carbocycles. The molecule has 3 heterocycles. The van der Waals surface area contributed by atoms with Gasteiger partial charge < -0.3 is 15.5 Å². The van der Waals surface area contributed by atoms with Gasteiger partial charge in [0.1, 0.15) is 10.7 Å². The lowest BCUT2D eigenvalue weighted by atomic mass is 10.1. The van der Waals surface area contributed by atoms with Crippen molar-refractivity contribution in [3.8, 4) is 0 Å². The van der Waals surface area contributed by atoms with Crippen LogP contribution in [-0.4, -0.2) is 42.0 Å². The topological polar surface area (TPSA) is 62.5 Å². The smallest absolute Gasteiger partial charge is 0.268 e. The first-order valence-electron chi connectivity index (χ1n) is 7.11. The third-order valence-electron chi connectivity index (χ3n) is 3.83. The van der Waals surface area contributed by atoms with E-state index in [9.17, 15) is 4.79 Å². The molecule has 2 aliphatic rings. The van der Waals surface area contributed by atoms with Gasteiger partial charge in [-0.15, -0.1) is 0 Å². The first-order valence-corrected chi connectivity index (χ1v) is 7.93. The molecule has 2 aliphatic heterocycles. The Hall–Kier alpha value is -1.56. The van der Waals surface area contributed by atoms with E-state index in [2.05, 4.69) is 22.9 Å². The van der Waals surface area contributed by atoms with Gasteiger partial charge >= 0.3 is 0 Å². The van der Waals surface area contributed by atoms with E-state index in [-0.39, 0.29) is 5.91 Å². The minimum Gasteiger partial charge on any atom is -0.382 e. The molecule has 1 amide bonds. The summed E-state index contributed by atoms with van der Waals surface area (Å²) in [5.74, 6) is 0.409. The molecule has 108 valence electrons. The molecule has 0 atom stereocenters. The number of hydrogen-bond donors (Lipinski definition) is 1. The fourth-order valence-corrected chi connectivity index (χ4v) is 3.75. The summed E-state index contributed by atoms with van der Waals surface area (Å²) in [4.78, 5) is 21.6. The first kappa shape index (κ1) is 13.4. The number of nitrogens with two attached hydrogens (primary N) is 1. The molecule has 1 saturated heterocycles. The summed E-state index contributed by atoms with van der Waals surface area (Å²) >= 11 is 1.44. The maximum Gasteiger partial charge on any atom is 0.268 e. The van der Waals surface area contributed by atoms with Gasteiger partial charge in [0.25, 0.3) is 5.91 Å². The second-order valence-electron chi connectivity index (χ2n) is 5.47. The van der Waals surface area contributed by atoms with Gasteiger partial charge in [-0.1, -0.05) is 23.0 Å². The SMILES string of the molecule is CC1=CCCN(C(=O)c2sc(N3CCCC3)nc2N)C1. The van der Waals surface area contributed by atoms with Crippen LogP contribution in [0.25, 0.3) is 0 Å². The lowest BCUT2D eigenvalue weighted by molar-refractivity contribution is 0.0771. The Kier molecular flexibility index (Phi) is 3.65. The highest BCUT2D eigenvalue weighted by molar-refractivity contribution is 7.18. The molecule has 1 aromatic heterocycles. The maximum absolute atomic E-state index is 12.6. The van der Waals surface area contributed by atoms with Crippen molar-refractivity contribution in [1.82, 2.24) is 9.88 Å². The van der Waals surface area contributed by atoms with Crippen LogP contribution in [0.15, 0.2) is 11.6 Å². The zero-order valence-electron chi connectivity index (χ0n) is 11.8. The predicted molar refractivity (Wildman–Crippen MR) is 82.3 cm³/mol. The molecule has 0 aliphatic carbocycles. The number of hydrogen-bond acceptors (Lipinski definition) is 5. The molecular formula is C14H20N4OS. The summed E-state index contributed by atoms with van der Waals surface area (Å²) in [7, 11) is 0. The Balaban J connectivity index is 1.79. The summed E-state index contributed by atoms with van der Waals surface area (Å²) in [5, 5.41) is 0.896. The highest BCUT2D eigenvalue weighted by Crippen LogP contribution is 2.31. The summed E-state index contributed by atoms with van der Waals surface area (Å²) in [6.45, 7) is 5.57. The average Bonchev–Trinajstić information content (AvgIpc) is 3.07. The van der Waals surface area contributed by atoms with E-state index in [1.54, 1.807) is 0 Å². The second-order valence-corrected chi connectivity index (χ2v) is 6.45. The van der Waals surface area contributed by atoms with Crippen LogP contribution < -0.4 is 10.6 Å². The van der Waals surface area contributed by atoms with E-state index < -0.39 is 0 Å². The molecule has 5 nitrogen and oxygen atoms in total. The Morgan fingerprint density at radius 2 is 2.10 bits per heavy atom. The van der Waals surface area contributed by atoms with E-state index in [4.69, 9.17) is 5.73 Å².